The molecule has 3 heterocycles. The molecule has 0 aromatic carbocycles. The molecule has 5 atom stereocenters. The van der Waals surface area contributed by atoms with E-state index in [0.717, 1.165) is 44.3 Å². The SMILES string of the molecule is CC1(C)[C@H]2CC=C(CN3CCC[C@H]([C@@H]4C[C@H](C(F)F)n5ncnc5N4)C3)[C@@H]1C2. The monoisotopic (exact) mass is 391 g/mol. The third kappa shape index (κ3) is 2.97. The minimum atomic E-state index is -2.41. The highest BCUT2D eigenvalue weighted by Gasteiger charge is 2.51. The molecule has 2 bridgehead atoms. The fourth-order valence-corrected chi connectivity index (χ4v) is 6.18. The lowest BCUT2D eigenvalue weighted by atomic mass is 9.49. The molecule has 2 fully saturated rings. The molecule has 1 N–H and O–H groups in total. The number of piperidine rings is 1. The molecule has 3 aliphatic carbocycles. The van der Waals surface area contributed by atoms with Gasteiger partial charge >= 0.3 is 0 Å². The summed E-state index contributed by atoms with van der Waals surface area (Å²) in [5.74, 6) is 2.48. The van der Waals surface area contributed by atoms with Crippen molar-refractivity contribution in [1.82, 2.24) is 19.7 Å². The molecule has 5 aliphatic rings. The van der Waals surface area contributed by atoms with Gasteiger partial charge in [0.2, 0.25) is 5.95 Å². The smallest absolute Gasteiger partial charge is 0.260 e. The van der Waals surface area contributed by atoms with Crippen molar-refractivity contribution < 1.29 is 8.78 Å². The molecule has 0 unspecified atom stereocenters. The highest BCUT2D eigenvalue weighted by atomic mass is 19.3. The molecule has 1 aromatic rings. The van der Waals surface area contributed by atoms with E-state index >= 15 is 0 Å². The number of likely N-dealkylation sites (tertiary alicyclic amines) is 1. The molecule has 1 saturated heterocycles. The summed E-state index contributed by atoms with van der Waals surface area (Å²) in [5, 5.41) is 7.40. The number of anilines is 1. The van der Waals surface area contributed by atoms with Gasteiger partial charge in [0.1, 0.15) is 12.4 Å². The average Bonchev–Trinajstić information content (AvgIpc) is 3.16. The largest absolute Gasteiger partial charge is 0.351 e. The first-order chi connectivity index (χ1) is 13.4. The Kier molecular flexibility index (Phi) is 4.49. The van der Waals surface area contributed by atoms with Gasteiger partial charge < -0.3 is 5.32 Å². The molecule has 28 heavy (non-hydrogen) atoms. The quantitative estimate of drug-likeness (QED) is 0.789. The van der Waals surface area contributed by atoms with Crippen molar-refractivity contribution in [3.05, 3.63) is 18.0 Å². The predicted molar refractivity (Wildman–Crippen MR) is 104 cm³/mol. The van der Waals surface area contributed by atoms with Crippen LogP contribution in [0.3, 0.4) is 0 Å². The van der Waals surface area contributed by atoms with E-state index in [4.69, 9.17) is 0 Å². The average molecular weight is 392 g/mol. The van der Waals surface area contributed by atoms with Crippen LogP contribution in [-0.4, -0.2) is 51.8 Å². The van der Waals surface area contributed by atoms with Gasteiger partial charge in [-0.3, -0.25) is 4.90 Å². The van der Waals surface area contributed by atoms with Crippen LogP contribution in [0.1, 0.15) is 52.0 Å². The first-order valence-corrected chi connectivity index (χ1v) is 10.8. The fraction of sp³-hybridized carbons (Fsp3) is 0.810. The molecule has 0 spiro atoms. The number of rotatable bonds is 4. The Labute approximate surface area is 165 Å². The van der Waals surface area contributed by atoms with Crippen molar-refractivity contribution in [2.45, 2.75) is 64.5 Å². The highest BCUT2D eigenvalue weighted by molar-refractivity contribution is 5.30. The van der Waals surface area contributed by atoms with Crippen LogP contribution in [0.25, 0.3) is 0 Å². The standard InChI is InChI=1S/C21H31F2N5/c1-21(2)15-6-5-13(16(21)8-15)10-27-7-3-4-14(11-27)17-9-18(19(22)23)28-20(26-17)24-12-25-28/h5,12,14-19H,3-4,6-11H2,1-2H3,(H,24,25,26)/t14-,15-,16-,17-,18+/m0/s1. The van der Waals surface area contributed by atoms with Crippen molar-refractivity contribution in [2.75, 3.05) is 25.0 Å². The van der Waals surface area contributed by atoms with Crippen LogP contribution in [0, 0.1) is 23.2 Å². The summed E-state index contributed by atoms with van der Waals surface area (Å²) in [4.78, 5) is 6.73. The second-order valence-electron chi connectivity index (χ2n) is 9.88. The summed E-state index contributed by atoms with van der Waals surface area (Å²) in [5.41, 5.74) is 2.08. The van der Waals surface area contributed by atoms with Crippen molar-refractivity contribution in [1.29, 1.82) is 0 Å². The van der Waals surface area contributed by atoms with Crippen LogP contribution >= 0.6 is 0 Å². The van der Waals surface area contributed by atoms with Crippen LogP contribution in [0.2, 0.25) is 0 Å². The molecule has 2 aliphatic heterocycles. The van der Waals surface area contributed by atoms with E-state index in [1.807, 2.05) is 0 Å². The van der Waals surface area contributed by atoms with Crippen molar-refractivity contribution in [3.8, 4) is 0 Å². The highest BCUT2D eigenvalue weighted by Crippen LogP contribution is 2.59. The Bertz CT molecular complexity index is 758. The van der Waals surface area contributed by atoms with Crippen LogP contribution < -0.4 is 5.32 Å². The third-order valence-electron chi connectivity index (χ3n) is 8.09. The maximum absolute atomic E-state index is 13.6. The van der Waals surface area contributed by atoms with Gasteiger partial charge in [0, 0.05) is 19.1 Å². The van der Waals surface area contributed by atoms with E-state index in [-0.39, 0.29) is 6.04 Å². The molecular formula is C21H31F2N5. The van der Waals surface area contributed by atoms with E-state index in [9.17, 15) is 8.78 Å². The first kappa shape index (κ1) is 18.5. The summed E-state index contributed by atoms with van der Waals surface area (Å²) < 4.78 is 28.5. The van der Waals surface area contributed by atoms with E-state index in [1.54, 1.807) is 5.57 Å². The Morgan fingerprint density at radius 3 is 2.93 bits per heavy atom. The topological polar surface area (TPSA) is 46.0 Å². The molecule has 7 heteroatoms. The number of fused-ring (bicyclic) bond motifs is 2. The molecular weight excluding hydrogens is 360 g/mol. The van der Waals surface area contributed by atoms with Crippen LogP contribution in [0.15, 0.2) is 18.0 Å². The number of aromatic nitrogens is 3. The van der Waals surface area contributed by atoms with Crippen molar-refractivity contribution in [3.63, 3.8) is 0 Å². The number of hydrogen-bond acceptors (Lipinski definition) is 4. The molecule has 5 nitrogen and oxygen atoms in total. The molecule has 0 radical (unpaired) electrons. The van der Waals surface area contributed by atoms with E-state index in [1.165, 1.54) is 23.9 Å². The van der Waals surface area contributed by atoms with Gasteiger partial charge in [-0.15, -0.1) is 0 Å². The van der Waals surface area contributed by atoms with Crippen molar-refractivity contribution >= 4 is 5.95 Å². The van der Waals surface area contributed by atoms with E-state index in [2.05, 4.69) is 40.2 Å². The van der Waals surface area contributed by atoms with Crippen LogP contribution in [0.4, 0.5) is 14.7 Å². The molecule has 1 saturated carbocycles. The second-order valence-corrected chi connectivity index (χ2v) is 9.88. The summed E-state index contributed by atoms with van der Waals surface area (Å²) in [7, 11) is 0. The number of halogens is 2. The summed E-state index contributed by atoms with van der Waals surface area (Å²) >= 11 is 0. The third-order valence-corrected chi connectivity index (χ3v) is 8.09. The van der Waals surface area contributed by atoms with Gasteiger partial charge in [0.15, 0.2) is 0 Å². The van der Waals surface area contributed by atoms with Gasteiger partial charge in [-0.2, -0.15) is 10.1 Å². The molecule has 0 amide bonds. The number of alkyl halides is 2. The van der Waals surface area contributed by atoms with Gasteiger partial charge in [-0.05, 0) is 61.8 Å². The van der Waals surface area contributed by atoms with Gasteiger partial charge in [-0.1, -0.05) is 25.5 Å². The number of nitrogens with one attached hydrogen (secondary N) is 1. The second kappa shape index (κ2) is 6.78. The zero-order valence-corrected chi connectivity index (χ0v) is 16.8. The maximum Gasteiger partial charge on any atom is 0.260 e. The number of allylic oxidation sites excluding steroid dienone is 1. The lowest BCUT2D eigenvalue weighted by Gasteiger charge is -2.57. The molecule has 154 valence electrons. The van der Waals surface area contributed by atoms with Gasteiger partial charge in [0.05, 0.1) is 0 Å². The predicted octanol–water partition coefficient (Wildman–Crippen LogP) is 3.97. The van der Waals surface area contributed by atoms with Crippen molar-refractivity contribution in [2.24, 2.45) is 23.2 Å². The zero-order chi connectivity index (χ0) is 19.5. The lowest BCUT2D eigenvalue weighted by Crippen LogP contribution is -2.51. The summed E-state index contributed by atoms with van der Waals surface area (Å²) in [6.45, 7) is 7.99. The normalized spacial score (nSPS) is 37.0. The lowest BCUT2D eigenvalue weighted by molar-refractivity contribution is -0.0121. The fourth-order valence-electron chi connectivity index (χ4n) is 6.18. The minimum absolute atomic E-state index is 0.0448. The van der Waals surface area contributed by atoms with Gasteiger partial charge in [-0.25, -0.2) is 13.5 Å². The zero-order valence-electron chi connectivity index (χ0n) is 16.8. The summed E-state index contributed by atoms with van der Waals surface area (Å²) in [6, 6.07) is -0.823. The Morgan fingerprint density at radius 2 is 2.18 bits per heavy atom. The Hall–Kier alpha value is -1.50. The molecule has 6 rings (SSSR count). The van der Waals surface area contributed by atoms with E-state index in [0.29, 0.717) is 23.7 Å². The van der Waals surface area contributed by atoms with Gasteiger partial charge in [0.25, 0.3) is 6.43 Å². The maximum atomic E-state index is 13.6. The van der Waals surface area contributed by atoms with Crippen LogP contribution in [-0.2, 0) is 0 Å². The number of hydrogen-bond donors (Lipinski definition) is 1. The summed E-state index contributed by atoms with van der Waals surface area (Å²) in [6.07, 6.45) is 6.68. The molecule has 1 aromatic heterocycles. The Morgan fingerprint density at radius 1 is 1.32 bits per heavy atom. The first-order valence-electron chi connectivity index (χ1n) is 10.8. The Balaban J connectivity index is 1.26. The van der Waals surface area contributed by atoms with E-state index < -0.39 is 12.5 Å². The van der Waals surface area contributed by atoms with Crippen LogP contribution in [0.5, 0.6) is 0 Å². The number of nitrogens with zero attached hydrogens (tertiary/aromatic N) is 4. The minimum Gasteiger partial charge on any atom is -0.351 e.